The van der Waals surface area contributed by atoms with Crippen molar-refractivity contribution in [2.75, 3.05) is 11.1 Å². The Balaban J connectivity index is 2.26. The van der Waals surface area contributed by atoms with E-state index in [1.165, 1.54) is 6.92 Å². The summed E-state index contributed by atoms with van der Waals surface area (Å²) < 4.78 is 5.70. The zero-order valence-electron chi connectivity index (χ0n) is 10.0. The molecule has 0 fully saturated rings. The van der Waals surface area contributed by atoms with Gasteiger partial charge < -0.3 is 15.8 Å². The van der Waals surface area contributed by atoms with Crippen molar-refractivity contribution in [2.45, 2.75) is 6.92 Å². The number of rotatable bonds is 3. The lowest BCUT2D eigenvalue weighted by Gasteiger charge is -2.11. The van der Waals surface area contributed by atoms with Crippen molar-refractivity contribution in [2.24, 2.45) is 0 Å². The van der Waals surface area contributed by atoms with E-state index in [1.807, 2.05) is 18.2 Å². The highest BCUT2D eigenvalue weighted by Gasteiger charge is 2.05. The van der Waals surface area contributed by atoms with E-state index in [9.17, 15) is 4.79 Å². The van der Waals surface area contributed by atoms with Crippen LogP contribution in [0.4, 0.5) is 11.4 Å². The zero-order valence-corrected chi connectivity index (χ0v) is 10.0. The molecule has 2 aromatic rings. The van der Waals surface area contributed by atoms with E-state index in [2.05, 4.69) is 5.32 Å². The van der Waals surface area contributed by atoms with Crippen LogP contribution in [0.15, 0.2) is 48.5 Å². The lowest BCUT2D eigenvalue weighted by molar-refractivity contribution is -0.114. The van der Waals surface area contributed by atoms with Crippen LogP contribution < -0.4 is 15.8 Å². The third-order valence-electron chi connectivity index (χ3n) is 2.28. The monoisotopic (exact) mass is 242 g/mol. The van der Waals surface area contributed by atoms with Crippen molar-refractivity contribution in [3.05, 3.63) is 48.5 Å². The second kappa shape index (κ2) is 5.23. The van der Waals surface area contributed by atoms with Crippen molar-refractivity contribution >= 4 is 17.3 Å². The first kappa shape index (κ1) is 12.0. The normalized spacial score (nSPS) is 9.83. The van der Waals surface area contributed by atoms with Crippen LogP contribution in [0.25, 0.3) is 0 Å². The van der Waals surface area contributed by atoms with Gasteiger partial charge in [-0.2, -0.15) is 0 Å². The maximum Gasteiger partial charge on any atom is 0.221 e. The largest absolute Gasteiger partial charge is 0.455 e. The summed E-state index contributed by atoms with van der Waals surface area (Å²) in [5.41, 5.74) is 6.94. The van der Waals surface area contributed by atoms with Crippen molar-refractivity contribution < 1.29 is 9.53 Å². The summed E-state index contributed by atoms with van der Waals surface area (Å²) in [7, 11) is 0. The van der Waals surface area contributed by atoms with Gasteiger partial charge in [-0.3, -0.25) is 4.79 Å². The Morgan fingerprint density at radius 1 is 1.17 bits per heavy atom. The first-order valence-corrected chi connectivity index (χ1v) is 5.55. The average Bonchev–Trinajstić information content (AvgIpc) is 2.31. The third-order valence-corrected chi connectivity index (χ3v) is 2.28. The van der Waals surface area contributed by atoms with Gasteiger partial charge in [-0.25, -0.2) is 0 Å². The molecule has 0 aromatic heterocycles. The van der Waals surface area contributed by atoms with Crippen LogP contribution in [-0.2, 0) is 4.79 Å². The van der Waals surface area contributed by atoms with Crippen LogP contribution >= 0.6 is 0 Å². The molecule has 0 unspecified atom stereocenters. The molecule has 0 radical (unpaired) electrons. The SMILES string of the molecule is CC(=O)Nc1ccccc1Oc1cccc(N)c1. The quantitative estimate of drug-likeness (QED) is 0.813. The van der Waals surface area contributed by atoms with Gasteiger partial charge in [-0.1, -0.05) is 18.2 Å². The number of ether oxygens (including phenoxy) is 1. The van der Waals surface area contributed by atoms with Gasteiger partial charge in [-0.15, -0.1) is 0 Å². The summed E-state index contributed by atoms with van der Waals surface area (Å²) in [6.07, 6.45) is 0. The smallest absolute Gasteiger partial charge is 0.221 e. The molecule has 0 heterocycles. The minimum Gasteiger partial charge on any atom is -0.455 e. The van der Waals surface area contributed by atoms with Crippen LogP contribution in [0.3, 0.4) is 0 Å². The number of benzene rings is 2. The number of hydrogen-bond donors (Lipinski definition) is 2. The topological polar surface area (TPSA) is 64.3 Å². The van der Waals surface area contributed by atoms with Crippen LogP contribution in [0.5, 0.6) is 11.5 Å². The molecular formula is C14H14N2O2. The molecule has 2 rings (SSSR count). The second-order valence-electron chi connectivity index (χ2n) is 3.85. The van der Waals surface area contributed by atoms with Gasteiger partial charge >= 0.3 is 0 Å². The Bertz CT molecular complexity index is 567. The van der Waals surface area contributed by atoms with Crippen LogP contribution in [0.2, 0.25) is 0 Å². The summed E-state index contributed by atoms with van der Waals surface area (Å²) >= 11 is 0. The van der Waals surface area contributed by atoms with E-state index in [4.69, 9.17) is 10.5 Å². The van der Waals surface area contributed by atoms with E-state index in [0.29, 0.717) is 22.9 Å². The number of hydrogen-bond acceptors (Lipinski definition) is 3. The van der Waals surface area contributed by atoms with Gasteiger partial charge in [0.15, 0.2) is 5.75 Å². The number of carbonyl (C=O) groups is 1. The Hall–Kier alpha value is -2.49. The van der Waals surface area contributed by atoms with Crippen molar-refractivity contribution in [3.8, 4) is 11.5 Å². The number of anilines is 2. The van der Waals surface area contributed by atoms with Gasteiger partial charge in [0.2, 0.25) is 5.91 Å². The lowest BCUT2D eigenvalue weighted by atomic mass is 10.2. The molecule has 18 heavy (non-hydrogen) atoms. The van der Waals surface area contributed by atoms with Gasteiger partial charge in [0.25, 0.3) is 0 Å². The maximum absolute atomic E-state index is 11.1. The Morgan fingerprint density at radius 3 is 2.67 bits per heavy atom. The number of para-hydroxylation sites is 2. The van der Waals surface area contributed by atoms with Crippen LogP contribution in [-0.4, -0.2) is 5.91 Å². The van der Waals surface area contributed by atoms with E-state index < -0.39 is 0 Å². The van der Waals surface area contributed by atoms with Gasteiger partial charge in [0.05, 0.1) is 5.69 Å². The zero-order chi connectivity index (χ0) is 13.0. The van der Waals surface area contributed by atoms with Gasteiger partial charge in [0, 0.05) is 18.7 Å². The minimum atomic E-state index is -0.140. The van der Waals surface area contributed by atoms with Crippen molar-refractivity contribution in [1.29, 1.82) is 0 Å². The highest BCUT2D eigenvalue weighted by atomic mass is 16.5. The van der Waals surface area contributed by atoms with Gasteiger partial charge in [-0.05, 0) is 24.3 Å². The van der Waals surface area contributed by atoms with E-state index in [-0.39, 0.29) is 5.91 Å². The fourth-order valence-electron chi connectivity index (χ4n) is 1.55. The molecule has 0 spiro atoms. The van der Waals surface area contributed by atoms with E-state index in [1.54, 1.807) is 30.3 Å². The predicted octanol–water partition coefficient (Wildman–Crippen LogP) is 3.02. The van der Waals surface area contributed by atoms with E-state index >= 15 is 0 Å². The van der Waals surface area contributed by atoms with Gasteiger partial charge in [0.1, 0.15) is 5.75 Å². The molecule has 4 heteroatoms. The highest BCUT2D eigenvalue weighted by Crippen LogP contribution is 2.29. The molecule has 0 atom stereocenters. The standard InChI is InChI=1S/C14H14N2O2/c1-10(17)16-13-7-2-3-8-14(13)18-12-6-4-5-11(15)9-12/h2-9H,15H2,1H3,(H,16,17). The maximum atomic E-state index is 11.1. The molecular weight excluding hydrogens is 228 g/mol. The van der Waals surface area contributed by atoms with Crippen molar-refractivity contribution in [3.63, 3.8) is 0 Å². The predicted molar refractivity (Wildman–Crippen MR) is 71.7 cm³/mol. The molecule has 0 aliphatic carbocycles. The first-order chi connectivity index (χ1) is 8.65. The molecule has 92 valence electrons. The van der Waals surface area contributed by atoms with E-state index in [0.717, 1.165) is 0 Å². The Morgan fingerprint density at radius 2 is 1.94 bits per heavy atom. The number of nitrogens with two attached hydrogens (primary N) is 1. The Labute approximate surface area is 105 Å². The molecule has 0 aliphatic rings. The summed E-state index contributed by atoms with van der Waals surface area (Å²) in [5.74, 6) is 1.07. The highest BCUT2D eigenvalue weighted by molar-refractivity contribution is 5.90. The number of carbonyl (C=O) groups excluding carboxylic acids is 1. The molecule has 0 bridgehead atoms. The first-order valence-electron chi connectivity index (χ1n) is 5.55. The lowest BCUT2D eigenvalue weighted by Crippen LogP contribution is -2.06. The molecule has 0 aliphatic heterocycles. The second-order valence-corrected chi connectivity index (χ2v) is 3.85. The summed E-state index contributed by atoms with van der Waals surface area (Å²) in [6.45, 7) is 1.46. The molecule has 3 N–H and O–H groups in total. The molecule has 2 aromatic carbocycles. The fourth-order valence-corrected chi connectivity index (χ4v) is 1.55. The molecule has 4 nitrogen and oxygen atoms in total. The fraction of sp³-hybridized carbons (Fsp3) is 0.0714. The number of nitrogen functional groups attached to an aromatic ring is 1. The number of nitrogens with one attached hydrogen (secondary N) is 1. The molecule has 1 amide bonds. The summed E-state index contributed by atoms with van der Waals surface area (Å²) in [4.78, 5) is 11.1. The van der Waals surface area contributed by atoms with Crippen LogP contribution in [0, 0.1) is 0 Å². The average molecular weight is 242 g/mol. The van der Waals surface area contributed by atoms with Crippen molar-refractivity contribution in [1.82, 2.24) is 0 Å². The summed E-state index contributed by atoms with van der Waals surface area (Å²) in [6, 6.07) is 14.4. The summed E-state index contributed by atoms with van der Waals surface area (Å²) in [5, 5.41) is 2.71. The third kappa shape index (κ3) is 3.01. The Kier molecular flexibility index (Phi) is 3.48. The number of amides is 1. The molecule has 0 saturated heterocycles. The molecule has 0 saturated carbocycles. The minimum absolute atomic E-state index is 0.140. The van der Waals surface area contributed by atoms with Crippen LogP contribution in [0.1, 0.15) is 6.92 Å².